The Morgan fingerprint density at radius 1 is 1.33 bits per heavy atom. The van der Waals surface area contributed by atoms with Crippen LogP contribution in [-0.2, 0) is 11.2 Å². The third kappa shape index (κ3) is 2.16. The van der Waals surface area contributed by atoms with Gasteiger partial charge in [0.2, 0.25) is 0 Å². The van der Waals surface area contributed by atoms with Gasteiger partial charge in [-0.1, -0.05) is 29.8 Å². The zero-order chi connectivity index (χ0) is 10.8. The van der Waals surface area contributed by atoms with Crippen LogP contribution in [0.1, 0.15) is 12.6 Å². The summed E-state index contributed by atoms with van der Waals surface area (Å²) in [5.41, 5.74) is 1.53. The van der Waals surface area contributed by atoms with Gasteiger partial charge in [0.1, 0.15) is 5.78 Å². The molecule has 0 fully saturated rings. The van der Waals surface area contributed by atoms with Gasteiger partial charge in [-0.3, -0.25) is 9.78 Å². The topological polar surface area (TPSA) is 30.0 Å². The number of nitrogens with zero attached hydrogens (tertiary/aromatic N) is 1. The van der Waals surface area contributed by atoms with Crippen LogP contribution in [0, 0.1) is 0 Å². The van der Waals surface area contributed by atoms with Gasteiger partial charge >= 0.3 is 0 Å². The Kier molecular flexibility index (Phi) is 2.69. The van der Waals surface area contributed by atoms with Crippen LogP contribution in [0.4, 0.5) is 0 Å². The second-order valence-electron chi connectivity index (χ2n) is 3.49. The van der Waals surface area contributed by atoms with E-state index in [1.54, 1.807) is 13.0 Å². The lowest BCUT2D eigenvalue weighted by Crippen LogP contribution is -1.99. The van der Waals surface area contributed by atoms with Crippen LogP contribution in [0.25, 0.3) is 10.9 Å². The van der Waals surface area contributed by atoms with Gasteiger partial charge in [-0.25, -0.2) is 0 Å². The molecule has 0 saturated heterocycles. The number of ketones is 1. The fourth-order valence-corrected chi connectivity index (χ4v) is 1.73. The van der Waals surface area contributed by atoms with Crippen molar-refractivity contribution in [3.8, 4) is 0 Å². The number of halogens is 1. The molecule has 0 aliphatic rings. The summed E-state index contributed by atoms with van der Waals surface area (Å²) in [5, 5.41) is 1.62. The first-order valence-corrected chi connectivity index (χ1v) is 5.08. The lowest BCUT2D eigenvalue weighted by molar-refractivity contribution is -0.116. The standard InChI is InChI=1S/C12H10ClNO/c1-8(15)7-10-6-5-9-3-2-4-11(13)12(9)14-10/h2-6H,7H2,1H3. The number of carbonyl (C=O) groups excluding carboxylic acids is 1. The van der Waals surface area contributed by atoms with Crippen LogP contribution in [0.15, 0.2) is 30.3 Å². The monoisotopic (exact) mass is 219 g/mol. The number of benzene rings is 1. The number of aromatic nitrogens is 1. The van der Waals surface area contributed by atoms with E-state index in [4.69, 9.17) is 11.6 Å². The second kappa shape index (κ2) is 3.99. The Labute approximate surface area is 92.9 Å². The van der Waals surface area contributed by atoms with E-state index in [1.165, 1.54) is 0 Å². The molecule has 0 spiro atoms. The normalized spacial score (nSPS) is 10.5. The summed E-state index contributed by atoms with van der Waals surface area (Å²) in [4.78, 5) is 15.3. The van der Waals surface area contributed by atoms with E-state index in [0.717, 1.165) is 16.6 Å². The maximum Gasteiger partial charge on any atom is 0.135 e. The van der Waals surface area contributed by atoms with Crippen molar-refractivity contribution < 1.29 is 4.79 Å². The molecular weight excluding hydrogens is 210 g/mol. The van der Waals surface area contributed by atoms with Crippen LogP contribution >= 0.6 is 11.6 Å². The molecule has 0 N–H and O–H groups in total. The molecular formula is C12H10ClNO. The molecule has 15 heavy (non-hydrogen) atoms. The summed E-state index contributed by atoms with van der Waals surface area (Å²) in [5.74, 6) is 0.105. The van der Waals surface area contributed by atoms with E-state index in [2.05, 4.69) is 4.98 Å². The van der Waals surface area contributed by atoms with E-state index < -0.39 is 0 Å². The molecule has 1 aromatic carbocycles. The maximum absolute atomic E-state index is 11.0. The Morgan fingerprint density at radius 3 is 2.87 bits per heavy atom. The molecule has 76 valence electrons. The van der Waals surface area contributed by atoms with Crippen molar-refractivity contribution >= 4 is 28.3 Å². The van der Waals surface area contributed by atoms with Gasteiger partial charge in [0.05, 0.1) is 10.5 Å². The highest BCUT2D eigenvalue weighted by Gasteiger charge is 2.03. The minimum Gasteiger partial charge on any atom is -0.300 e. The number of fused-ring (bicyclic) bond motifs is 1. The molecule has 0 radical (unpaired) electrons. The summed E-state index contributed by atoms with van der Waals surface area (Å²) < 4.78 is 0. The van der Waals surface area contributed by atoms with E-state index >= 15 is 0 Å². The van der Waals surface area contributed by atoms with Crippen molar-refractivity contribution in [2.24, 2.45) is 0 Å². The molecule has 0 aliphatic heterocycles. The second-order valence-corrected chi connectivity index (χ2v) is 3.90. The quantitative estimate of drug-likeness (QED) is 0.777. The van der Waals surface area contributed by atoms with E-state index in [-0.39, 0.29) is 5.78 Å². The van der Waals surface area contributed by atoms with Crippen molar-refractivity contribution in [1.82, 2.24) is 4.98 Å². The Hall–Kier alpha value is -1.41. The maximum atomic E-state index is 11.0. The fraction of sp³-hybridized carbons (Fsp3) is 0.167. The van der Waals surface area contributed by atoms with Crippen molar-refractivity contribution in [3.05, 3.63) is 41.0 Å². The SMILES string of the molecule is CC(=O)Cc1ccc2cccc(Cl)c2n1. The molecule has 0 atom stereocenters. The molecule has 2 aromatic rings. The Bertz CT molecular complexity index is 522. The predicted octanol–water partition coefficient (Wildman–Crippen LogP) is 3.02. The minimum atomic E-state index is 0.105. The number of hydrogen-bond donors (Lipinski definition) is 0. The molecule has 1 heterocycles. The summed E-state index contributed by atoms with van der Waals surface area (Å²) >= 11 is 6.02. The van der Waals surface area contributed by atoms with Gasteiger partial charge in [0, 0.05) is 17.5 Å². The van der Waals surface area contributed by atoms with Crippen LogP contribution in [0.2, 0.25) is 5.02 Å². The first-order chi connectivity index (χ1) is 7.16. The van der Waals surface area contributed by atoms with Crippen molar-refractivity contribution in [1.29, 1.82) is 0 Å². The predicted molar refractivity (Wildman–Crippen MR) is 61.1 cm³/mol. The molecule has 2 rings (SSSR count). The number of hydrogen-bond acceptors (Lipinski definition) is 2. The van der Waals surface area contributed by atoms with Gasteiger partial charge in [-0.2, -0.15) is 0 Å². The molecule has 0 saturated carbocycles. The number of para-hydroxylation sites is 1. The third-order valence-corrected chi connectivity index (χ3v) is 2.46. The molecule has 2 nitrogen and oxygen atoms in total. The highest BCUT2D eigenvalue weighted by Crippen LogP contribution is 2.21. The van der Waals surface area contributed by atoms with Gasteiger partial charge in [0.15, 0.2) is 0 Å². The van der Waals surface area contributed by atoms with Crippen LogP contribution < -0.4 is 0 Å². The molecule has 0 bridgehead atoms. The average molecular weight is 220 g/mol. The van der Waals surface area contributed by atoms with Gasteiger partial charge < -0.3 is 0 Å². The first-order valence-electron chi connectivity index (χ1n) is 4.70. The van der Waals surface area contributed by atoms with Gasteiger partial charge in [0.25, 0.3) is 0 Å². The van der Waals surface area contributed by atoms with Crippen LogP contribution in [0.5, 0.6) is 0 Å². The van der Waals surface area contributed by atoms with E-state index in [9.17, 15) is 4.79 Å². The van der Waals surface area contributed by atoms with Crippen LogP contribution in [0.3, 0.4) is 0 Å². The zero-order valence-electron chi connectivity index (χ0n) is 8.33. The van der Waals surface area contributed by atoms with E-state index in [0.29, 0.717) is 11.4 Å². The summed E-state index contributed by atoms with van der Waals surface area (Å²) in [6, 6.07) is 9.43. The lowest BCUT2D eigenvalue weighted by atomic mass is 10.1. The summed E-state index contributed by atoms with van der Waals surface area (Å²) in [7, 11) is 0. The number of rotatable bonds is 2. The Morgan fingerprint density at radius 2 is 2.13 bits per heavy atom. The summed E-state index contributed by atoms with van der Waals surface area (Å²) in [6.07, 6.45) is 0.362. The highest BCUT2D eigenvalue weighted by atomic mass is 35.5. The minimum absolute atomic E-state index is 0.105. The third-order valence-electron chi connectivity index (χ3n) is 2.16. The van der Waals surface area contributed by atoms with Crippen molar-refractivity contribution in [3.63, 3.8) is 0 Å². The number of Topliss-reactive ketones (excluding diaryl/α,β-unsaturated/α-hetero) is 1. The highest BCUT2D eigenvalue weighted by molar-refractivity contribution is 6.35. The molecule has 0 aliphatic carbocycles. The molecule has 3 heteroatoms. The van der Waals surface area contributed by atoms with Crippen molar-refractivity contribution in [2.45, 2.75) is 13.3 Å². The molecule has 0 unspecified atom stereocenters. The number of pyridine rings is 1. The average Bonchev–Trinajstić information content (AvgIpc) is 2.18. The van der Waals surface area contributed by atoms with Crippen LogP contribution in [-0.4, -0.2) is 10.8 Å². The largest absolute Gasteiger partial charge is 0.300 e. The van der Waals surface area contributed by atoms with E-state index in [1.807, 2.05) is 24.3 Å². The van der Waals surface area contributed by atoms with Gasteiger partial charge in [-0.05, 0) is 19.1 Å². The lowest BCUT2D eigenvalue weighted by Gasteiger charge is -2.02. The fourth-order valence-electron chi connectivity index (χ4n) is 1.50. The molecule has 1 aromatic heterocycles. The molecule has 0 amide bonds. The van der Waals surface area contributed by atoms with Crippen molar-refractivity contribution in [2.75, 3.05) is 0 Å². The van der Waals surface area contributed by atoms with Gasteiger partial charge in [-0.15, -0.1) is 0 Å². The first kappa shape index (κ1) is 10.1. The number of carbonyl (C=O) groups is 1. The zero-order valence-corrected chi connectivity index (χ0v) is 9.08. The summed E-state index contributed by atoms with van der Waals surface area (Å²) in [6.45, 7) is 1.55. The smallest absolute Gasteiger partial charge is 0.135 e. The Balaban J connectivity index is 2.54.